The monoisotopic (exact) mass is 245 g/mol. The van der Waals surface area contributed by atoms with E-state index in [0.29, 0.717) is 5.76 Å². The van der Waals surface area contributed by atoms with Gasteiger partial charge >= 0.3 is 0 Å². The minimum Gasteiger partial charge on any atom is -0.461 e. The number of imidazole rings is 1. The molecule has 1 N–H and O–H groups in total. The van der Waals surface area contributed by atoms with Crippen LogP contribution < -0.4 is 0 Å². The number of hydrogen-bond acceptors (Lipinski definition) is 5. The Morgan fingerprint density at radius 2 is 2.17 bits per heavy atom. The molecule has 7 heteroatoms. The van der Waals surface area contributed by atoms with Gasteiger partial charge < -0.3 is 9.62 Å². The fraction of sp³-hybridized carbons (Fsp3) is 0. The van der Waals surface area contributed by atoms with Gasteiger partial charge in [-0.2, -0.15) is 4.73 Å². The van der Waals surface area contributed by atoms with Gasteiger partial charge in [0.15, 0.2) is 11.3 Å². The van der Waals surface area contributed by atoms with Crippen LogP contribution >= 0.6 is 0 Å². The molecule has 3 aromatic rings. The summed E-state index contributed by atoms with van der Waals surface area (Å²) in [5.41, 5.74) is 0.222. The van der Waals surface area contributed by atoms with Crippen LogP contribution in [0.4, 0.5) is 5.69 Å². The highest BCUT2D eigenvalue weighted by molar-refractivity contribution is 5.87. The lowest BCUT2D eigenvalue weighted by molar-refractivity contribution is -0.383. The van der Waals surface area contributed by atoms with E-state index in [1.165, 1.54) is 18.4 Å². The van der Waals surface area contributed by atoms with Gasteiger partial charge in [0.25, 0.3) is 5.69 Å². The van der Waals surface area contributed by atoms with Gasteiger partial charge in [0.1, 0.15) is 5.52 Å². The summed E-state index contributed by atoms with van der Waals surface area (Å²) in [4.78, 5) is 14.4. The van der Waals surface area contributed by atoms with Gasteiger partial charge in [0, 0.05) is 6.07 Å². The molecule has 0 saturated heterocycles. The minimum absolute atomic E-state index is 0.122. The zero-order valence-electron chi connectivity index (χ0n) is 8.98. The lowest BCUT2D eigenvalue weighted by Crippen LogP contribution is -1.93. The number of fused-ring (bicyclic) bond motifs is 1. The molecule has 18 heavy (non-hydrogen) atoms. The molecule has 0 radical (unpaired) electrons. The van der Waals surface area contributed by atoms with Crippen molar-refractivity contribution in [2.24, 2.45) is 0 Å². The van der Waals surface area contributed by atoms with E-state index < -0.39 is 4.92 Å². The molecule has 0 unspecified atom stereocenters. The van der Waals surface area contributed by atoms with Crippen LogP contribution in [0.5, 0.6) is 0 Å². The highest BCUT2D eigenvalue weighted by Gasteiger charge is 2.21. The quantitative estimate of drug-likeness (QED) is 0.425. The molecule has 2 heterocycles. The Labute approximate surface area is 100 Å². The van der Waals surface area contributed by atoms with Gasteiger partial charge in [-0.1, -0.05) is 6.07 Å². The van der Waals surface area contributed by atoms with Crippen molar-refractivity contribution in [1.29, 1.82) is 0 Å². The van der Waals surface area contributed by atoms with Crippen molar-refractivity contribution in [2.75, 3.05) is 0 Å². The molecule has 0 spiro atoms. The molecule has 0 fully saturated rings. The molecule has 2 aromatic heterocycles. The smallest absolute Gasteiger partial charge is 0.297 e. The molecule has 1 aromatic carbocycles. The van der Waals surface area contributed by atoms with E-state index in [-0.39, 0.29) is 22.5 Å². The van der Waals surface area contributed by atoms with Gasteiger partial charge in [-0.25, -0.2) is 4.98 Å². The number of nitro benzene ring substituents is 1. The first-order chi connectivity index (χ1) is 8.68. The van der Waals surface area contributed by atoms with E-state index in [1.54, 1.807) is 18.2 Å². The minimum atomic E-state index is -0.540. The van der Waals surface area contributed by atoms with E-state index in [4.69, 9.17) is 4.42 Å². The molecule has 0 saturated carbocycles. The number of hydrogen-bond donors (Lipinski definition) is 1. The molecular weight excluding hydrogens is 238 g/mol. The number of aromatic nitrogens is 2. The Bertz CT molecular complexity index is 730. The van der Waals surface area contributed by atoms with Gasteiger partial charge in [0.05, 0.1) is 11.2 Å². The number of benzene rings is 1. The predicted octanol–water partition coefficient (Wildman–Crippen LogP) is 2.44. The number of rotatable bonds is 2. The third-order valence-electron chi connectivity index (χ3n) is 2.58. The summed E-state index contributed by atoms with van der Waals surface area (Å²) in [7, 11) is 0. The predicted molar refractivity (Wildman–Crippen MR) is 61.3 cm³/mol. The molecular formula is C11H7N3O4. The van der Waals surface area contributed by atoms with Crippen LogP contribution in [0.1, 0.15) is 0 Å². The molecule has 7 nitrogen and oxygen atoms in total. The van der Waals surface area contributed by atoms with E-state index in [0.717, 1.165) is 4.73 Å². The lowest BCUT2D eigenvalue weighted by Gasteiger charge is -1.96. The number of non-ortho nitro benzene ring substituents is 1. The van der Waals surface area contributed by atoms with Crippen molar-refractivity contribution >= 4 is 16.7 Å². The van der Waals surface area contributed by atoms with Crippen LogP contribution in [-0.2, 0) is 0 Å². The third kappa shape index (κ3) is 1.34. The first-order valence-corrected chi connectivity index (χ1v) is 5.07. The van der Waals surface area contributed by atoms with Crippen LogP contribution in [0.25, 0.3) is 22.6 Å². The highest BCUT2D eigenvalue weighted by Crippen LogP contribution is 2.29. The molecule has 3 rings (SSSR count). The molecule has 0 aliphatic carbocycles. The van der Waals surface area contributed by atoms with Gasteiger partial charge in [-0.05, 0) is 18.2 Å². The molecule has 90 valence electrons. The van der Waals surface area contributed by atoms with Crippen molar-refractivity contribution in [3.8, 4) is 11.6 Å². The second-order valence-corrected chi connectivity index (χ2v) is 3.63. The molecule has 0 amide bonds. The zero-order chi connectivity index (χ0) is 12.7. The summed E-state index contributed by atoms with van der Waals surface area (Å²) >= 11 is 0. The van der Waals surface area contributed by atoms with Crippen LogP contribution in [0.3, 0.4) is 0 Å². The first-order valence-electron chi connectivity index (χ1n) is 5.07. The Hall–Kier alpha value is -2.83. The van der Waals surface area contributed by atoms with Gasteiger partial charge in [0.2, 0.25) is 5.82 Å². The molecule has 0 bridgehead atoms. The average molecular weight is 245 g/mol. The highest BCUT2D eigenvalue weighted by atomic mass is 16.6. The second-order valence-electron chi connectivity index (χ2n) is 3.63. The first kappa shape index (κ1) is 10.3. The van der Waals surface area contributed by atoms with E-state index in [9.17, 15) is 15.3 Å². The number of furan rings is 1. The van der Waals surface area contributed by atoms with Crippen molar-refractivity contribution in [2.45, 2.75) is 0 Å². The lowest BCUT2D eigenvalue weighted by atomic mass is 10.3. The Kier molecular flexibility index (Phi) is 2.06. The van der Waals surface area contributed by atoms with Crippen LogP contribution in [0.15, 0.2) is 41.0 Å². The fourth-order valence-electron chi connectivity index (χ4n) is 1.78. The summed E-state index contributed by atoms with van der Waals surface area (Å²) < 4.78 is 5.90. The molecule has 0 atom stereocenters. The van der Waals surface area contributed by atoms with E-state index in [2.05, 4.69) is 4.98 Å². The standard InChI is InChI=1S/C11H7N3O4/c15-13-7-3-1-4-8(14(16)17)10(7)12-11(13)9-5-2-6-18-9/h1-6,15H. The summed E-state index contributed by atoms with van der Waals surface area (Å²) in [5, 5.41) is 20.8. The summed E-state index contributed by atoms with van der Waals surface area (Å²) in [5.74, 6) is 0.465. The van der Waals surface area contributed by atoms with E-state index in [1.807, 2.05) is 0 Å². The Balaban J connectivity index is 2.34. The largest absolute Gasteiger partial charge is 0.461 e. The normalized spacial score (nSPS) is 10.9. The van der Waals surface area contributed by atoms with Gasteiger partial charge in [-0.3, -0.25) is 10.1 Å². The number of nitro groups is 1. The fourth-order valence-corrected chi connectivity index (χ4v) is 1.78. The summed E-state index contributed by atoms with van der Waals surface area (Å²) in [6.07, 6.45) is 1.43. The maximum atomic E-state index is 10.9. The third-order valence-corrected chi connectivity index (χ3v) is 2.58. The average Bonchev–Trinajstić information content (AvgIpc) is 2.97. The van der Waals surface area contributed by atoms with Crippen LogP contribution in [0, 0.1) is 10.1 Å². The Morgan fingerprint density at radius 1 is 1.33 bits per heavy atom. The van der Waals surface area contributed by atoms with Crippen LogP contribution in [0.2, 0.25) is 0 Å². The van der Waals surface area contributed by atoms with Gasteiger partial charge in [-0.15, -0.1) is 0 Å². The van der Waals surface area contributed by atoms with Crippen molar-refractivity contribution in [3.63, 3.8) is 0 Å². The zero-order valence-corrected chi connectivity index (χ0v) is 8.98. The van der Waals surface area contributed by atoms with E-state index >= 15 is 0 Å². The topological polar surface area (TPSA) is 94.3 Å². The maximum absolute atomic E-state index is 10.9. The number of nitrogens with zero attached hydrogens (tertiary/aromatic N) is 3. The number of para-hydroxylation sites is 1. The van der Waals surface area contributed by atoms with Crippen molar-refractivity contribution in [1.82, 2.24) is 9.71 Å². The molecule has 0 aliphatic heterocycles. The summed E-state index contributed by atoms with van der Waals surface area (Å²) in [6.45, 7) is 0. The van der Waals surface area contributed by atoms with Crippen molar-refractivity contribution < 1.29 is 14.5 Å². The van der Waals surface area contributed by atoms with Crippen LogP contribution in [-0.4, -0.2) is 19.8 Å². The Morgan fingerprint density at radius 3 is 2.83 bits per heavy atom. The summed E-state index contributed by atoms with van der Waals surface area (Å²) in [6, 6.07) is 7.62. The maximum Gasteiger partial charge on any atom is 0.297 e. The second kappa shape index (κ2) is 3.59. The van der Waals surface area contributed by atoms with Crippen molar-refractivity contribution in [3.05, 3.63) is 46.7 Å². The SMILES string of the molecule is O=[N+]([O-])c1cccc2c1nc(-c1ccco1)n2O. The molecule has 0 aliphatic rings.